The molecule has 4 N–H and O–H groups in total. The highest BCUT2D eigenvalue weighted by atomic mass is 16.5. The zero-order valence-electron chi connectivity index (χ0n) is 12.1. The van der Waals surface area contributed by atoms with Gasteiger partial charge in [-0.25, -0.2) is 0 Å². The minimum absolute atomic E-state index is 0.000810. The number of aromatic hydroxyl groups is 4. The van der Waals surface area contributed by atoms with E-state index < -0.39 is 0 Å². The first-order valence-corrected chi connectivity index (χ1v) is 7.27. The Balaban J connectivity index is 1.82. The van der Waals surface area contributed by atoms with Gasteiger partial charge >= 0.3 is 0 Å². The number of hydrogen-bond acceptors (Lipinski definition) is 5. The van der Waals surface area contributed by atoms with Gasteiger partial charge in [-0.15, -0.1) is 0 Å². The van der Waals surface area contributed by atoms with Crippen LogP contribution < -0.4 is 0 Å². The first-order chi connectivity index (χ1) is 10.5. The maximum absolute atomic E-state index is 10.3. The second-order valence-corrected chi connectivity index (χ2v) is 5.59. The lowest BCUT2D eigenvalue weighted by molar-refractivity contribution is 0.0928. The lowest BCUT2D eigenvalue weighted by Crippen LogP contribution is -2.14. The number of aromatic nitrogens is 1. The summed E-state index contributed by atoms with van der Waals surface area (Å²) in [6, 6.07) is 5.78. The van der Waals surface area contributed by atoms with Crippen molar-refractivity contribution in [3.8, 4) is 23.3 Å². The zero-order chi connectivity index (χ0) is 15.7. The van der Waals surface area contributed by atoms with Gasteiger partial charge in [-0.05, 0) is 24.5 Å². The molecule has 6 heteroatoms. The number of ether oxygens (including phenoxy) is 1. The highest BCUT2D eigenvalue weighted by Crippen LogP contribution is 2.33. The van der Waals surface area contributed by atoms with Gasteiger partial charge in [0, 0.05) is 30.7 Å². The van der Waals surface area contributed by atoms with Crippen LogP contribution in [0.3, 0.4) is 0 Å². The molecule has 1 aliphatic rings. The molecule has 0 bridgehead atoms. The van der Waals surface area contributed by atoms with Crippen LogP contribution in [0.5, 0.6) is 23.3 Å². The Labute approximate surface area is 127 Å². The summed E-state index contributed by atoms with van der Waals surface area (Å²) in [6.45, 7) is 1.11. The molecule has 2 aromatic rings. The van der Waals surface area contributed by atoms with Gasteiger partial charge in [-0.1, -0.05) is 6.07 Å². The zero-order valence-corrected chi connectivity index (χ0v) is 12.1. The number of benzene rings is 1. The van der Waals surface area contributed by atoms with E-state index in [2.05, 4.69) is 0 Å². The van der Waals surface area contributed by atoms with E-state index in [4.69, 9.17) is 4.74 Å². The van der Waals surface area contributed by atoms with Gasteiger partial charge in [0.25, 0.3) is 0 Å². The fourth-order valence-electron chi connectivity index (χ4n) is 2.79. The Hall–Kier alpha value is -2.34. The van der Waals surface area contributed by atoms with Gasteiger partial charge in [0.05, 0.1) is 12.6 Å². The fraction of sp³-hybridized carbons (Fsp3) is 0.375. The molecule has 3 rings (SSSR count). The molecule has 1 atom stereocenters. The molecule has 1 saturated heterocycles. The van der Waals surface area contributed by atoms with Crippen molar-refractivity contribution in [3.63, 3.8) is 0 Å². The molecule has 0 radical (unpaired) electrons. The van der Waals surface area contributed by atoms with Crippen LogP contribution in [0.2, 0.25) is 0 Å². The summed E-state index contributed by atoms with van der Waals surface area (Å²) in [5.41, 5.74) is 1.07. The van der Waals surface area contributed by atoms with Gasteiger partial charge in [0.15, 0.2) is 11.8 Å². The second kappa shape index (κ2) is 5.81. The van der Waals surface area contributed by atoms with Gasteiger partial charge in [0.2, 0.25) is 0 Å². The van der Waals surface area contributed by atoms with Crippen molar-refractivity contribution >= 4 is 0 Å². The number of phenols is 2. The van der Waals surface area contributed by atoms with Crippen molar-refractivity contribution in [1.82, 2.24) is 4.57 Å². The van der Waals surface area contributed by atoms with E-state index in [0.717, 1.165) is 12.8 Å². The molecular formula is C16H19NO5. The number of phenolic OH excluding ortho intramolecular Hbond substituents is 2. The minimum atomic E-state index is -0.0502. The summed E-state index contributed by atoms with van der Waals surface area (Å²) in [4.78, 5) is 0. The van der Waals surface area contributed by atoms with Crippen molar-refractivity contribution in [2.75, 3.05) is 6.61 Å². The van der Waals surface area contributed by atoms with Crippen molar-refractivity contribution in [2.24, 2.45) is 0 Å². The highest BCUT2D eigenvalue weighted by molar-refractivity contribution is 5.45. The summed E-state index contributed by atoms with van der Waals surface area (Å²) in [6.07, 6.45) is 2.15. The Kier molecular flexibility index (Phi) is 3.85. The monoisotopic (exact) mass is 305 g/mol. The molecule has 118 valence electrons. The van der Waals surface area contributed by atoms with Crippen LogP contribution in [0.1, 0.15) is 24.0 Å². The number of nitrogens with zero attached hydrogens (tertiary/aromatic N) is 1. The van der Waals surface area contributed by atoms with E-state index >= 15 is 0 Å². The lowest BCUT2D eigenvalue weighted by Gasteiger charge is -2.12. The third-order valence-corrected chi connectivity index (χ3v) is 3.98. The normalized spacial score (nSPS) is 17.9. The molecule has 0 spiro atoms. The summed E-state index contributed by atoms with van der Waals surface area (Å²) < 4.78 is 6.94. The van der Waals surface area contributed by atoms with E-state index in [0.29, 0.717) is 24.3 Å². The van der Waals surface area contributed by atoms with E-state index in [1.54, 1.807) is 6.07 Å². The van der Waals surface area contributed by atoms with Crippen molar-refractivity contribution < 1.29 is 25.2 Å². The topological polar surface area (TPSA) is 95.1 Å². The molecule has 0 aliphatic carbocycles. The standard InChI is InChI=1S/C16H19NO5/c18-12-4-3-10(14(19)8-12)6-11-7-15(20)17(16(11)21)9-13-2-1-5-22-13/h3-4,7-8,13,18-21H,1-2,5-6,9H2. The van der Waals surface area contributed by atoms with Crippen molar-refractivity contribution in [2.45, 2.75) is 31.9 Å². The van der Waals surface area contributed by atoms with Crippen molar-refractivity contribution in [3.05, 3.63) is 35.4 Å². The highest BCUT2D eigenvalue weighted by Gasteiger charge is 2.21. The Morgan fingerprint density at radius 2 is 1.91 bits per heavy atom. The van der Waals surface area contributed by atoms with Gasteiger partial charge in [0.1, 0.15) is 11.5 Å². The molecule has 6 nitrogen and oxygen atoms in total. The Bertz CT molecular complexity index is 673. The van der Waals surface area contributed by atoms with Crippen LogP contribution in [0.25, 0.3) is 0 Å². The van der Waals surface area contributed by atoms with Gasteiger partial charge < -0.3 is 25.2 Å². The molecule has 1 aliphatic heterocycles. The first-order valence-electron chi connectivity index (χ1n) is 7.27. The predicted octanol–water partition coefficient (Wildman–Crippen LogP) is 2.08. The quantitative estimate of drug-likeness (QED) is 0.694. The molecule has 1 aromatic carbocycles. The number of rotatable bonds is 4. The molecule has 2 heterocycles. The van der Waals surface area contributed by atoms with Crippen molar-refractivity contribution in [1.29, 1.82) is 0 Å². The van der Waals surface area contributed by atoms with Crippen LogP contribution in [0.4, 0.5) is 0 Å². The van der Waals surface area contributed by atoms with Crippen LogP contribution in [0.15, 0.2) is 24.3 Å². The van der Waals surface area contributed by atoms with Gasteiger partial charge in [-0.3, -0.25) is 4.57 Å². The molecule has 1 unspecified atom stereocenters. The average Bonchev–Trinajstić information content (AvgIpc) is 3.06. The predicted molar refractivity (Wildman–Crippen MR) is 79.3 cm³/mol. The second-order valence-electron chi connectivity index (χ2n) is 5.59. The van der Waals surface area contributed by atoms with Crippen LogP contribution >= 0.6 is 0 Å². The first kappa shape index (κ1) is 14.6. The third-order valence-electron chi connectivity index (χ3n) is 3.98. The molecule has 1 aromatic heterocycles. The molecule has 0 saturated carbocycles. The van der Waals surface area contributed by atoms with E-state index in [1.807, 2.05) is 0 Å². The molecular weight excluding hydrogens is 286 g/mol. The summed E-state index contributed by atoms with van der Waals surface area (Å²) in [7, 11) is 0. The van der Waals surface area contributed by atoms with E-state index in [1.165, 1.54) is 22.8 Å². The third kappa shape index (κ3) is 2.82. The van der Waals surface area contributed by atoms with E-state index in [9.17, 15) is 20.4 Å². The van der Waals surface area contributed by atoms with Crippen LogP contribution in [0, 0.1) is 0 Å². The van der Waals surface area contributed by atoms with Crippen LogP contribution in [-0.2, 0) is 17.7 Å². The fourth-order valence-corrected chi connectivity index (χ4v) is 2.79. The van der Waals surface area contributed by atoms with Crippen LogP contribution in [-0.4, -0.2) is 37.7 Å². The minimum Gasteiger partial charge on any atom is -0.508 e. The maximum atomic E-state index is 10.3. The average molecular weight is 305 g/mol. The van der Waals surface area contributed by atoms with Gasteiger partial charge in [-0.2, -0.15) is 0 Å². The largest absolute Gasteiger partial charge is 0.508 e. The SMILES string of the molecule is Oc1ccc(Cc2cc(O)n(CC3CCCO3)c2O)c(O)c1. The smallest absolute Gasteiger partial charge is 0.197 e. The maximum Gasteiger partial charge on any atom is 0.197 e. The molecule has 22 heavy (non-hydrogen) atoms. The Morgan fingerprint density at radius 3 is 2.59 bits per heavy atom. The Morgan fingerprint density at radius 1 is 1.09 bits per heavy atom. The number of hydrogen-bond donors (Lipinski definition) is 4. The van der Waals surface area contributed by atoms with E-state index in [-0.39, 0.29) is 35.8 Å². The molecule has 1 fully saturated rings. The summed E-state index contributed by atoms with van der Waals surface area (Å²) in [5.74, 6) is -0.128. The lowest BCUT2D eigenvalue weighted by atomic mass is 10.1. The molecule has 0 amide bonds. The summed E-state index contributed by atoms with van der Waals surface area (Å²) >= 11 is 0. The summed E-state index contributed by atoms with van der Waals surface area (Å²) in [5, 5.41) is 39.4.